The SMILES string of the molecule is NC(Cc1c[nH]c2ncccc12)C(=O)O.O. The van der Waals surface area contributed by atoms with Gasteiger partial charge in [-0.3, -0.25) is 4.79 Å². The fraction of sp³-hybridized carbons (Fsp3) is 0.200. The highest BCUT2D eigenvalue weighted by Crippen LogP contribution is 2.16. The molecule has 0 fully saturated rings. The van der Waals surface area contributed by atoms with E-state index in [0.717, 1.165) is 16.6 Å². The van der Waals surface area contributed by atoms with Crippen molar-refractivity contribution in [3.8, 4) is 0 Å². The molecule has 0 amide bonds. The molecule has 0 spiro atoms. The minimum absolute atomic E-state index is 0. The lowest BCUT2D eigenvalue weighted by atomic mass is 10.1. The molecule has 2 rings (SSSR count). The number of carbonyl (C=O) groups is 1. The van der Waals surface area contributed by atoms with Gasteiger partial charge in [0.1, 0.15) is 11.7 Å². The molecule has 0 saturated carbocycles. The number of hydrogen-bond acceptors (Lipinski definition) is 3. The van der Waals surface area contributed by atoms with Gasteiger partial charge in [-0.05, 0) is 17.7 Å². The van der Waals surface area contributed by atoms with Crippen molar-refractivity contribution in [3.63, 3.8) is 0 Å². The molecule has 1 atom stereocenters. The monoisotopic (exact) mass is 223 g/mol. The van der Waals surface area contributed by atoms with Gasteiger partial charge in [-0.15, -0.1) is 0 Å². The third-order valence-electron chi connectivity index (χ3n) is 2.29. The molecule has 2 aromatic heterocycles. The second-order valence-electron chi connectivity index (χ2n) is 3.36. The lowest BCUT2D eigenvalue weighted by Gasteiger charge is -2.04. The number of pyridine rings is 1. The Morgan fingerprint density at radius 3 is 3.06 bits per heavy atom. The minimum atomic E-state index is -0.992. The summed E-state index contributed by atoms with van der Waals surface area (Å²) < 4.78 is 0. The quantitative estimate of drug-likeness (QED) is 0.660. The molecule has 0 saturated heterocycles. The maximum atomic E-state index is 10.6. The van der Waals surface area contributed by atoms with Crippen molar-refractivity contribution in [1.29, 1.82) is 0 Å². The predicted molar refractivity (Wildman–Crippen MR) is 59.0 cm³/mol. The molecule has 0 bridgehead atoms. The van der Waals surface area contributed by atoms with Crippen LogP contribution in [0.2, 0.25) is 0 Å². The van der Waals surface area contributed by atoms with Crippen LogP contribution in [0.3, 0.4) is 0 Å². The second-order valence-corrected chi connectivity index (χ2v) is 3.36. The third kappa shape index (κ3) is 2.18. The second kappa shape index (κ2) is 4.73. The van der Waals surface area contributed by atoms with Crippen molar-refractivity contribution < 1.29 is 15.4 Å². The molecule has 0 aliphatic heterocycles. The number of nitrogens with two attached hydrogens (primary N) is 1. The van der Waals surface area contributed by atoms with Crippen LogP contribution in [0.25, 0.3) is 11.0 Å². The number of nitrogens with one attached hydrogen (secondary N) is 1. The largest absolute Gasteiger partial charge is 0.480 e. The molecule has 0 aliphatic carbocycles. The van der Waals surface area contributed by atoms with E-state index in [2.05, 4.69) is 9.97 Å². The number of fused-ring (bicyclic) bond motifs is 1. The van der Waals surface area contributed by atoms with Gasteiger partial charge in [-0.1, -0.05) is 0 Å². The highest BCUT2D eigenvalue weighted by molar-refractivity contribution is 5.81. The smallest absolute Gasteiger partial charge is 0.320 e. The zero-order valence-electron chi connectivity index (χ0n) is 8.47. The summed E-state index contributed by atoms with van der Waals surface area (Å²) >= 11 is 0. The van der Waals surface area contributed by atoms with Crippen LogP contribution in [0.15, 0.2) is 24.5 Å². The highest BCUT2D eigenvalue weighted by atomic mass is 16.4. The lowest BCUT2D eigenvalue weighted by Crippen LogP contribution is -2.32. The van der Waals surface area contributed by atoms with Crippen LogP contribution in [0.4, 0.5) is 0 Å². The summed E-state index contributed by atoms with van der Waals surface area (Å²) in [5.74, 6) is -0.992. The maximum absolute atomic E-state index is 10.6. The van der Waals surface area contributed by atoms with Crippen molar-refractivity contribution in [2.45, 2.75) is 12.5 Å². The minimum Gasteiger partial charge on any atom is -0.480 e. The number of hydrogen-bond donors (Lipinski definition) is 3. The van der Waals surface area contributed by atoms with E-state index < -0.39 is 12.0 Å². The fourth-order valence-electron chi connectivity index (χ4n) is 1.51. The summed E-state index contributed by atoms with van der Waals surface area (Å²) in [4.78, 5) is 17.7. The lowest BCUT2D eigenvalue weighted by molar-refractivity contribution is -0.138. The first-order valence-corrected chi connectivity index (χ1v) is 4.58. The van der Waals surface area contributed by atoms with E-state index in [-0.39, 0.29) is 5.48 Å². The van der Waals surface area contributed by atoms with Gasteiger partial charge in [0.2, 0.25) is 0 Å². The van der Waals surface area contributed by atoms with E-state index in [0.29, 0.717) is 6.42 Å². The van der Waals surface area contributed by atoms with Gasteiger partial charge >= 0.3 is 5.97 Å². The first kappa shape index (κ1) is 12.2. The van der Waals surface area contributed by atoms with Crippen LogP contribution in [0.1, 0.15) is 5.56 Å². The zero-order valence-corrected chi connectivity index (χ0v) is 8.47. The van der Waals surface area contributed by atoms with E-state index in [1.54, 1.807) is 12.4 Å². The van der Waals surface area contributed by atoms with E-state index in [1.165, 1.54) is 0 Å². The van der Waals surface area contributed by atoms with Crippen LogP contribution in [0.5, 0.6) is 0 Å². The Kier molecular flexibility index (Phi) is 3.60. The molecule has 1 unspecified atom stereocenters. The van der Waals surface area contributed by atoms with Gasteiger partial charge in [0.15, 0.2) is 0 Å². The van der Waals surface area contributed by atoms with Crippen molar-refractivity contribution in [2.24, 2.45) is 5.73 Å². The number of carboxylic acid groups (broad SMARTS) is 1. The highest BCUT2D eigenvalue weighted by Gasteiger charge is 2.14. The summed E-state index contributed by atoms with van der Waals surface area (Å²) in [6.07, 6.45) is 3.74. The van der Waals surface area contributed by atoms with Gasteiger partial charge in [0.25, 0.3) is 0 Å². The molecular weight excluding hydrogens is 210 g/mol. The molecule has 6 nitrogen and oxygen atoms in total. The summed E-state index contributed by atoms with van der Waals surface area (Å²) in [5, 5.41) is 9.63. The number of rotatable bonds is 3. The van der Waals surface area contributed by atoms with Crippen LogP contribution in [0, 0.1) is 0 Å². The Morgan fingerprint density at radius 1 is 1.62 bits per heavy atom. The Bertz CT molecular complexity index is 495. The van der Waals surface area contributed by atoms with Crippen molar-refractivity contribution in [1.82, 2.24) is 9.97 Å². The number of aromatic nitrogens is 2. The zero-order chi connectivity index (χ0) is 10.8. The molecule has 6 N–H and O–H groups in total. The standard InChI is InChI=1S/C10H11N3O2.H2O/c11-8(10(14)15)4-6-5-13-9-7(6)2-1-3-12-9;/h1-3,5,8H,4,11H2,(H,12,13)(H,14,15);1H2. The van der Waals surface area contributed by atoms with E-state index >= 15 is 0 Å². The van der Waals surface area contributed by atoms with Gasteiger partial charge in [0.05, 0.1) is 0 Å². The Labute approximate surface area is 91.4 Å². The van der Waals surface area contributed by atoms with Crippen molar-refractivity contribution >= 4 is 17.0 Å². The summed E-state index contributed by atoms with van der Waals surface area (Å²) in [5.41, 5.74) is 7.10. The number of aromatic amines is 1. The van der Waals surface area contributed by atoms with Crippen LogP contribution < -0.4 is 5.73 Å². The predicted octanol–water partition coefficient (Wildman–Crippen LogP) is -0.307. The molecule has 0 radical (unpaired) electrons. The van der Waals surface area contributed by atoms with Crippen molar-refractivity contribution in [3.05, 3.63) is 30.1 Å². The molecule has 2 aromatic rings. The average Bonchev–Trinajstić information content (AvgIpc) is 2.62. The van der Waals surface area contributed by atoms with Crippen LogP contribution >= 0.6 is 0 Å². The van der Waals surface area contributed by atoms with Crippen LogP contribution in [-0.4, -0.2) is 32.6 Å². The Balaban J connectivity index is 0.00000128. The maximum Gasteiger partial charge on any atom is 0.320 e. The molecule has 0 aliphatic rings. The molecule has 6 heteroatoms. The molecule has 86 valence electrons. The van der Waals surface area contributed by atoms with E-state index in [1.807, 2.05) is 12.1 Å². The van der Waals surface area contributed by atoms with Gasteiger partial charge in [0, 0.05) is 24.2 Å². The average molecular weight is 223 g/mol. The normalized spacial score (nSPS) is 12.1. The van der Waals surface area contributed by atoms with Crippen molar-refractivity contribution in [2.75, 3.05) is 0 Å². The first-order valence-electron chi connectivity index (χ1n) is 4.58. The molecule has 16 heavy (non-hydrogen) atoms. The molecule has 2 heterocycles. The van der Waals surface area contributed by atoms with Gasteiger partial charge < -0.3 is 21.3 Å². The van der Waals surface area contributed by atoms with Crippen LogP contribution in [-0.2, 0) is 11.2 Å². The Hall–Kier alpha value is -1.92. The topological polar surface area (TPSA) is 124 Å². The van der Waals surface area contributed by atoms with E-state index in [9.17, 15) is 4.79 Å². The van der Waals surface area contributed by atoms with Gasteiger partial charge in [-0.2, -0.15) is 0 Å². The number of H-pyrrole nitrogens is 1. The number of aliphatic carboxylic acids is 1. The molecule has 0 aromatic carbocycles. The van der Waals surface area contributed by atoms with Gasteiger partial charge in [-0.25, -0.2) is 4.98 Å². The number of carboxylic acids is 1. The number of nitrogens with zero attached hydrogens (tertiary/aromatic N) is 1. The first-order chi connectivity index (χ1) is 7.18. The third-order valence-corrected chi connectivity index (χ3v) is 2.29. The molecular formula is C10H13N3O3. The summed E-state index contributed by atoms with van der Waals surface area (Å²) in [6, 6.07) is 2.83. The van der Waals surface area contributed by atoms with E-state index in [4.69, 9.17) is 10.8 Å². The Morgan fingerprint density at radius 2 is 2.38 bits per heavy atom. The summed E-state index contributed by atoms with van der Waals surface area (Å²) in [6.45, 7) is 0. The fourth-order valence-corrected chi connectivity index (χ4v) is 1.51. The summed E-state index contributed by atoms with van der Waals surface area (Å²) in [7, 11) is 0.